The molecule has 0 saturated heterocycles. The van der Waals surface area contributed by atoms with Crippen LogP contribution in [0.1, 0.15) is 19.7 Å². The van der Waals surface area contributed by atoms with Gasteiger partial charge in [-0.1, -0.05) is 19.0 Å². The summed E-state index contributed by atoms with van der Waals surface area (Å²) in [6.07, 6.45) is 0. The van der Waals surface area contributed by atoms with Gasteiger partial charge in [0, 0.05) is 5.56 Å². The maximum Gasteiger partial charge on any atom is 0.241 e. The third-order valence-corrected chi connectivity index (χ3v) is 2.90. The van der Waals surface area contributed by atoms with Crippen molar-refractivity contribution in [3.05, 3.63) is 35.7 Å². The van der Waals surface area contributed by atoms with Gasteiger partial charge in [-0.15, -0.1) is 0 Å². The van der Waals surface area contributed by atoms with Crippen molar-refractivity contribution >= 4 is 0 Å². The van der Waals surface area contributed by atoms with Crippen molar-refractivity contribution in [1.82, 2.24) is 15.0 Å². The molecule has 0 amide bonds. The molecule has 0 bridgehead atoms. The Bertz CT molecular complexity index is 553. The van der Waals surface area contributed by atoms with Crippen molar-refractivity contribution in [3.8, 4) is 11.4 Å². The Morgan fingerprint density at radius 3 is 2.53 bits per heavy atom. The summed E-state index contributed by atoms with van der Waals surface area (Å²) < 4.78 is 31.1. The van der Waals surface area contributed by atoms with Crippen LogP contribution < -0.4 is 0 Å². The maximum absolute atomic E-state index is 13.1. The molecule has 0 unspecified atom stereocenters. The van der Waals surface area contributed by atoms with Crippen LogP contribution in [0.4, 0.5) is 8.78 Å². The summed E-state index contributed by atoms with van der Waals surface area (Å²) in [6, 6.07) is 3.52. The quantitative estimate of drug-likeness (QED) is 0.835. The molecule has 0 aliphatic carbocycles. The van der Waals surface area contributed by atoms with Gasteiger partial charge in [0.1, 0.15) is 0 Å². The molecule has 2 aromatic rings. The lowest BCUT2D eigenvalue weighted by Gasteiger charge is -2.14. The Labute approximate surface area is 110 Å². The highest BCUT2D eigenvalue weighted by Gasteiger charge is 2.12. The highest BCUT2D eigenvalue weighted by molar-refractivity contribution is 5.54. The summed E-state index contributed by atoms with van der Waals surface area (Å²) in [5.41, 5.74) is 0.397. The Kier molecular flexibility index (Phi) is 4.21. The van der Waals surface area contributed by atoms with Gasteiger partial charge < -0.3 is 4.52 Å². The van der Waals surface area contributed by atoms with E-state index in [1.165, 1.54) is 6.07 Å². The number of nitrogens with zero attached hydrogens (tertiary/aromatic N) is 3. The van der Waals surface area contributed by atoms with E-state index in [0.717, 1.165) is 25.2 Å². The van der Waals surface area contributed by atoms with E-state index in [1.54, 1.807) is 0 Å². The van der Waals surface area contributed by atoms with Gasteiger partial charge in [-0.25, -0.2) is 8.78 Å². The summed E-state index contributed by atoms with van der Waals surface area (Å²) in [4.78, 5) is 6.29. The molecule has 19 heavy (non-hydrogen) atoms. The summed E-state index contributed by atoms with van der Waals surface area (Å²) in [5, 5.41) is 3.78. The van der Waals surface area contributed by atoms with E-state index in [0.29, 0.717) is 18.0 Å². The molecular weight excluding hydrogens is 252 g/mol. The Hall–Kier alpha value is -1.82. The maximum atomic E-state index is 13.1. The van der Waals surface area contributed by atoms with Crippen LogP contribution in [0.25, 0.3) is 11.4 Å². The predicted octanol–water partition coefficient (Wildman–Crippen LogP) is 2.86. The number of benzene rings is 1. The fourth-order valence-corrected chi connectivity index (χ4v) is 1.71. The molecule has 1 aromatic heterocycles. The monoisotopic (exact) mass is 267 g/mol. The van der Waals surface area contributed by atoms with Crippen molar-refractivity contribution in [1.29, 1.82) is 0 Å². The molecule has 6 heteroatoms. The average Bonchev–Trinajstić information content (AvgIpc) is 2.87. The van der Waals surface area contributed by atoms with E-state index < -0.39 is 11.6 Å². The van der Waals surface area contributed by atoms with E-state index in [4.69, 9.17) is 4.52 Å². The normalized spacial score (nSPS) is 11.2. The Morgan fingerprint density at radius 1 is 1.16 bits per heavy atom. The topological polar surface area (TPSA) is 42.2 Å². The van der Waals surface area contributed by atoms with Crippen LogP contribution in [0.15, 0.2) is 22.7 Å². The van der Waals surface area contributed by atoms with Gasteiger partial charge in [0.15, 0.2) is 11.6 Å². The Morgan fingerprint density at radius 2 is 1.89 bits per heavy atom. The average molecular weight is 267 g/mol. The zero-order chi connectivity index (χ0) is 13.8. The van der Waals surface area contributed by atoms with Crippen LogP contribution in [0, 0.1) is 11.6 Å². The number of halogens is 2. The summed E-state index contributed by atoms with van der Waals surface area (Å²) >= 11 is 0. The highest BCUT2D eigenvalue weighted by atomic mass is 19.2. The second-order valence-electron chi connectivity index (χ2n) is 4.10. The van der Waals surface area contributed by atoms with Gasteiger partial charge >= 0.3 is 0 Å². The zero-order valence-electron chi connectivity index (χ0n) is 10.9. The van der Waals surface area contributed by atoms with Crippen molar-refractivity contribution in [2.24, 2.45) is 0 Å². The first-order valence-corrected chi connectivity index (χ1v) is 6.14. The van der Waals surface area contributed by atoms with Crippen molar-refractivity contribution in [2.75, 3.05) is 13.1 Å². The highest BCUT2D eigenvalue weighted by Crippen LogP contribution is 2.19. The molecule has 4 nitrogen and oxygen atoms in total. The van der Waals surface area contributed by atoms with Crippen LogP contribution in [0.5, 0.6) is 0 Å². The lowest BCUT2D eigenvalue weighted by molar-refractivity contribution is 0.246. The van der Waals surface area contributed by atoms with Gasteiger partial charge in [0.05, 0.1) is 6.54 Å². The Balaban J connectivity index is 2.18. The van der Waals surface area contributed by atoms with Gasteiger partial charge in [-0.3, -0.25) is 4.90 Å². The molecule has 0 fully saturated rings. The lowest BCUT2D eigenvalue weighted by atomic mass is 10.2. The summed E-state index contributed by atoms with van der Waals surface area (Å²) in [7, 11) is 0. The summed E-state index contributed by atoms with van der Waals surface area (Å²) in [5.74, 6) is -1.09. The lowest BCUT2D eigenvalue weighted by Crippen LogP contribution is -2.22. The predicted molar refractivity (Wildman–Crippen MR) is 66.3 cm³/mol. The molecule has 0 saturated carbocycles. The fourth-order valence-electron chi connectivity index (χ4n) is 1.71. The van der Waals surface area contributed by atoms with Gasteiger partial charge in [-0.2, -0.15) is 4.98 Å². The third-order valence-electron chi connectivity index (χ3n) is 2.90. The van der Waals surface area contributed by atoms with Gasteiger partial charge in [-0.05, 0) is 31.3 Å². The molecule has 0 atom stereocenters. The molecule has 0 spiro atoms. The van der Waals surface area contributed by atoms with E-state index in [1.807, 2.05) is 13.8 Å². The minimum atomic E-state index is -0.924. The molecule has 1 heterocycles. The van der Waals surface area contributed by atoms with Crippen molar-refractivity contribution in [3.63, 3.8) is 0 Å². The first-order valence-electron chi connectivity index (χ1n) is 6.14. The first kappa shape index (κ1) is 13.6. The van der Waals surface area contributed by atoms with Crippen molar-refractivity contribution in [2.45, 2.75) is 20.4 Å². The standard InChI is InChI=1S/C13H15F2N3O/c1-3-18(4-2)8-12-16-13(17-19-12)9-5-6-10(14)11(15)7-9/h5-7H,3-4,8H2,1-2H3. The smallest absolute Gasteiger partial charge is 0.241 e. The molecule has 0 aliphatic rings. The van der Waals surface area contributed by atoms with E-state index >= 15 is 0 Å². The number of aromatic nitrogens is 2. The summed E-state index contributed by atoms with van der Waals surface area (Å²) in [6.45, 7) is 6.37. The van der Waals surface area contributed by atoms with Crippen LogP contribution in [-0.4, -0.2) is 28.1 Å². The molecule has 0 radical (unpaired) electrons. The van der Waals surface area contributed by atoms with Crippen LogP contribution in [0.2, 0.25) is 0 Å². The van der Waals surface area contributed by atoms with E-state index in [9.17, 15) is 8.78 Å². The molecule has 1 aromatic carbocycles. The second-order valence-corrected chi connectivity index (χ2v) is 4.10. The molecule has 0 N–H and O–H groups in total. The first-order chi connectivity index (χ1) is 9.13. The molecule has 0 aliphatic heterocycles. The van der Waals surface area contributed by atoms with E-state index in [-0.39, 0.29) is 5.82 Å². The van der Waals surface area contributed by atoms with Crippen LogP contribution >= 0.6 is 0 Å². The van der Waals surface area contributed by atoms with Crippen molar-refractivity contribution < 1.29 is 13.3 Å². The van der Waals surface area contributed by atoms with Crippen LogP contribution in [0.3, 0.4) is 0 Å². The molecular formula is C13H15F2N3O. The third kappa shape index (κ3) is 3.14. The largest absolute Gasteiger partial charge is 0.338 e. The van der Waals surface area contributed by atoms with Crippen LogP contribution in [-0.2, 0) is 6.54 Å². The second kappa shape index (κ2) is 5.88. The zero-order valence-corrected chi connectivity index (χ0v) is 10.9. The molecule has 102 valence electrons. The number of rotatable bonds is 5. The molecule has 2 rings (SSSR count). The fraction of sp³-hybridized carbons (Fsp3) is 0.385. The van der Waals surface area contributed by atoms with Gasteiger partial charge in [0.2, 0.25) is 11.7 Å². The van der Waals surface area contributed by atoms with Gasteiger partial charge in [0.25, 0.3) is 0 Å². The minimum Gasteiger partial charge on any atom is -0.338 e. The minimum absolute atomic E-state index is 0.265. The number of hydrogen-bond acceptors (Lipinski definition) is 4. The van der Waals surface area contributed by atoms with E-state index in [2.05, 4.69) is 15.0 Å². The number of hydrogen-bond donors (Lipinski definition) is 0. The SMILES string of the molecule is CCN(CC)Cc1nc(-c2ccc(F)c(F)c2)no1.